The smallest absolute Gasteiger partial charge is 0.198 e. The van der Waals surface area contributed by atoms with Crippen LogP contribution >= 0.6 is 0 Å². The van der Waals surface area contributed by atoms with Crippen LogP contribution in [0.15, 0.2) is 36.4 Å². The molecule has 5 heteroatoms. The van der Waals surface area contributed by atoms with E-state index >= 15 is 0 Å². The maximum atomic E-state index is 12.8. The fourth-order valence-corrected chi connectivity index (χ4v) is 3.25. The van der Waals surface area contributed by atoms with Crippen LogP contribution in [0.2, 0.25) is 0 Å². The summed E-state index contributed by atoms with van der Waals surface area (Å²) in [5, 5.41) is 31.2. The Morgan fingerprint density at radius 1 is 0.750 bits per heavy atom. The quantitative estimate of drug-likeness (QED) is 0.463. The Morgan fingerprint density at radius 2 is 1.46 bits per heavy atom. The zero-order valence-electron chi connectivity index (χ0n) is 12.6. The van der Waals surface area contributed by atoms with Gasteiger partial charge in [0.1, 0.15) is 17.2 Å². The fraction of sp³-hybridized carbons (Fsp3) is 0.0526. The van der Waals surface area contributed by atoms with E-state index in [0.717, 1.165) is 0 Å². The van der Waals surface area contributed by atoms with Gasteiger partial charge in [0, 0.05) is 21.9 Å². The van der Waals surface area contributed by atoms with Crippen LogP contribution in [0.4, 0.5) is 0 Å². The van der Waals surface area contributed by atoms with Gasteiger partial charge in [0.2, 0.25) is 0 Å². The molecule has 0 saturated carbocycles. The first-order valence-electron chi connectivity index (χ1n) is 7.31. The molecule has 1 aliphatic carbocycles. The topological polar surface area (TPSA) is 94.8 Å². The normalized spacial score (nSPS) is 13.0. The highest BCUT2D eigenvalue weighted by Crippen LogP contribution is 2.42. The van der Waals surface area contributed by atoms with Crippen LogP contribution in [0, 0.1) is 6.92 Å². The monoisotopic (exact) mass is 320 g/mol. The number of phenols is 3. The van der Waals surface area contributed by atoms with Crippen molar-refractivity contribution < 1.29 is 24.9 Å². The molecule has 3 aromatic carbocycles. The SMILES string of the molecule is Cc1cc(O)c2cc3c(c(O)c2c1)C(=O)c1cccc(O)c1C3=O. The van der Waals surface area contributed by atoms with E-state index in [1.807, 2.05) is 0 Å². The summed E-state index contributed by atoms with van der Waals surface area (Å²) in [6.07, 6.45) is 0. The number of phenolic OH excluding ortho intramolecular Hbond substituents is 3. The first kappa shape index (κ1) is 14.3. The van der Waals surface area contributed by atoms with E-state index in [2.05, 4.69) is 0 Å². The molecule has 0 aliphatic heterocycles. The van der Waals surface area contributed by atoms with Gasteiger partial charge in [0.15, 0.2) is 11.6 Å². The second kappa shape index (κ2) is 4.58. The number of hydrogen-bond donors (Lipinski definition) is 3. The number of rotatable bonds is 0. The highest BCUT2D eigenvalue weighted by Gasteiger charge is 2.35. The van der Waals surface area contributed by atoms with Crippen molar-refractivity contribution >= 4 is 22.3 Å². The standard InChI is InChI=1S/C19H12O5/c1-8-5-11-10(14(21)6-8)7-12-16(18(11)23)17(22)9-3-2-4-13(20)15(9)19(12)24/h2-7,20-21,23H,1H3. The van der Waals surface area contributed by atoms with Crippen molar-refractivity contribution in [3.63, 3.8) is 0 Å². The minimum absolute atomic E-state index is 0.0295. The Morgan fingerprint density at radius 3 is 2.21 bits per heavy atom. The first-order chi connectivity index (χ1) is 11.4. The Labute approximate surface area is 136 Å². The molecule has 0 saturated heterocycles. The Balaban J connectivity index is 2.15. The summed E-state index contributed by atoms with van der Waals surface area (Å²) in [6.45, 7) is 1.75. The maximum absolute atomic E-state index is 12.8. The van der Waals surface area contributed by atoms with E-state index in [0.29, 0.717) is 10.9 Å². The zero-order chi connectivity index (χ0) is 17.2. The Kier molecular flexibility index (Phi) is 2.72. The molecule has 0 atom stereocenters. The summed E-state index contributed by atoms with van der Waals surface area (Å²) in [5.41, 5.74) is 0.552. The van der Waals surface area contributed by atoms with Gasteiger partial charge in [0.05, 0.1) is 11.1 Å². The van der Waals surface area contributed by atoms with Gasteiger partial charge in [-0.15, -0.1) is 0 Å². The number of hydrogen-bond acceptors (Lipinski definition) is 5. The van der Waals surface area contributed by atoms with Crippen molar-refractivity contribution in [3.05, 3.63) is 64.2 Å². The molecule has 0 aromatic heterocycles. The van der Waals surface area contributed by atoms with E-state index in [1.165, 1.54) is 30.3 Å². The highest BCUT2D eigenvalue weighted by molar-refractivity contribution is 6.31. The van der Waals surface area contributed by atoms with Crippen LogP contribution in [0.25, 0.3) is 10.8 Å². The van der Waals surface area contributed by atoms with Gasteiger partial charge in [-0.1, -0.05) is 12.1 Å². The van der Waals surface area contributed by atoms with Gasteiger partial charge < -0.3 is 15.3 Å². The molecular weight excluding hydrogens is 308 g/mol. The molecule has 118 valence electrons. The minimum atomic E-state index is -0.560. The van der Waals surface area contributed by atoms with Gasteiger partial charge in [-0.05, 0) is 36.8 Å². The molecule has 0 radical (unpaired) electrons. The molecule has 0 spiro atoms. The van der Waals surface area contributed by atoms with Crippen molar-refractivity contribution in [2.45, 2.75) is 6.92 Å². The summed E-state index contributed by atoms with van der Waals surface area (Å²) in [5.74, 6) is -1.81. The van der Waals surface area contributed by atoms with E-state index < -0.39 is 11.6 Å². The van der Waals surface area contributed by atoms with Crippen LogP contribution in [-0.4, -0.2) is 26.9 Å². The van der Waals surface area contributed by atoms with E-state index in [1.54, 1.807) is 13.0 Å². The lowest BCUT2D eigenvalue weighted by atomic mass is 9.81. The number of aryl methyl sites for hydroxylation is 1. The average molecular weight is 320 g/mol. The fourth-order valence-electron chi connectivity index (χ4n) is 3.25. The van der Waals surface area contributed by atoms with Crippen molar-refractivity contribution in [2.75, 3.05) is 0 Å². The van der Waals surface area contributed by atoms with Crippen molar-refractivity contribution in [2.24, 2.45) is 0 Å². The second-order valence-corrected chi connectivity index (χ2v) is 5.88. The van der Waals surface area contributed by atoms with Crippen LogP contribution in [0.5, 0.6) is 17.2 Å². The molecule has 24 heavy (non-hydrogen) atoms. The summed E-state index contributed by atoms with van der Waals surface area (Å²) in [7, 11) is 0. The summed E-state index contributed by atoms with van der Waals surface area (Å²) < 4.78 is 0. The first-order valence-corrected chi connectivity index (χ1v) is 7.31. The number of carbonyl (C=O) groups excluding carboxylic acids is 2. The molecule has 0 fully saturated rings. The minimum Gasteiger partial charge on any atom is -0.507 e. The number of carbonyl (C=O) groups is 2. The lowest BCUT2D eigenvalue weighted by Gasteiger charge is -2.20. The van der Waals surface area contributed by atoms with E-state index in [4.69, 9.17) is 0 Å². The number of aromatic hydroxyl groups is 3. The third-order valence-electron chi connectivity index (χ3n) is 4.34. The third-order valence-corrected chi connectivity index (χ3v) is 4.34. The molecular formula is C19H12O5. The van der Waals surface area contributed by atoms with Crippen LogP contribution in [0.1, 0.15) is 37.4 Å². The summed E-state index contributed by atoms with van der Waals surface area (Å²) >= 11 is 0. The zero-order valence-corrected chi connectivity index (χ0v) is 12.6. The lowest BCUT2D eigenvalue weighted by Crippen LogP contribution is -2.21. The van der Waals surface area contributed by atoms with Gasteiger partial charge >= 0.3 is 0 Å². The predicted molar refractivity (Wildman–Crippen MR) is 87.0 cm³/mol. The summed E-state index contributed by atoms with van der Waals surface area (Å²) in [4.78, 5) is 25.5. The number of ketones is 2. The van der Waals surface area contributed by atoms with Crippen molar-refractivity contribution in [1.29, 1.82) is 0 Å². The largest absolute Gasteiger partial charge is 0.507 e. The van der Waals surface area contributed by atoms with Gasteiger partial charge in [0.25, 0.3) is 0 Å². The Hall–Kier alpha value is -3.34. The molecule has 0 heterocycles. The van der Waals surface area contributed by atoms with Crippen molar-refractivity contribution in [3.8, 4) is 17.2 Å². The molecule has 0 amide bonds. The molecule has 1 aliphatic rings. The van der Waals surface area contributed by atoms with Crippen LogP contribution < -0.4 is 0 Å². The Bertz CT molecular complexity index is 1080. The number of fused-ring (bicyclic) bond motifs is 3. The third kappa shape index (κ3) is 1.69. The van der Waals surface area contributed by atoms with E-state index in [-0.39, 0.29) is 44.9 Å². The van der Waals surface area contributed by atoms with Gasteiger partial charge in [-0.25, -0.2) is 0 Å². The predicted octanol–water partition coefficient (Wildman–Crippen LogP) is 3.04. The molecule has 3 N–H and O–H groups in total. The molecule has 0 unspecified atom stereocenters. The molecule has 0 bridgehead atoms. The van der Waals surface area contributed by atoms with Crippen molar-refractivity contribution in [1.82, 2.24) is 0 Å². The van der Waals surface area contributed by atoms with Gasteiger partial charge in [-0.3, -0.25) is 9.59 Å². The van der Waals surface area contributed by atoms with Gasteiger partial charge in [-0.2, -0.15) is 0 Å². The highest BCUT2D eigenvalue weighted by atomic mass is 16.3. The number of benzene rings is 3. The second-order valence-electron chi connectivity index (χ2n) is 5.88. The maximum Gasteiger partial charge on any atom is 0.198 e. The average Bonchev–Trinajstić information content (AvgIpc) is 2.53. The molecule has 3 aromatic rings. The molecule has 5 nitrogen and oxygen atoms in total. The summed E-state index contributed by atoms with van der Waals surface area (Å²) in [6, 6.07) is 8.77. The van der Waals surface area contributed by atoms with E-state index in [9.17, 15) is 24.9 Å². The molecule has 4 rings (SSSR count). The van der Waals surface area contributed by atoms with Crippen LogP contribution in [-0.2, 0) is 0 Å². The van der Waals surface area contributed by atoms with Crippen LogP contribution in [0.3, 0.4) is 0 Å². The lowest BCUT2D eigenvalue weighted by molar-refractivity contribution is 0.0974.